The summed E-state index contributed by atoms with van der Waals surface area (Å²) in [5.41, 5.74) is 11.1. The topological polar surface area (TPSA) is 52.0 Å². The molecule has 0 atom stereocenters. The number of hydrogen-bond donors (Lipinski definition) is 2. The quantitative estimate of drug-likeness (QED) is 0.801. The molecule has 4 N–H and O–H groups in total. The normalized spacial score (nSPS) is 12.1. The van der Waals surface area contributed by atoms with E-state index in [0.717, 1.165) is 37.3 Å². The lowest BCUT2D eigenvalue weighted by Gasteiger charge is -2.18. The van der Waals surface area contributed by atoms with Gasteiger partial charge in [-0.1, -0.05) is 18.2 Å². The van der Waals surface area contributed by atoms with Gasteiger partial charge < -0.3 is 11.5 Å². The third kappa shape index (κ3) is 5.20. The van der Waals surface area contributed by atoms with Crippen LogP contribution in [0.2, 0.25) is 0 Å². The highest BCUT2D eigenvalue weighted by atomic mass is 19.4. The van der Waals surface area contributed by atoms with E-state index in [4.69, 9.17) is 11.5 Å². The standard InChI is InChI=1S/C14H21F3N2/c15-14(16,17)13-7-1-4-12(10-13)11(5-2-8-18)6-3-9-19/h1,4,7,10-11H,2-3,5-6,8-9,18-19H2. The monoisotopic (exact) mass is 274 g/mol. The number of benzene rings is 1. The van der Waals surface area contributed by atoms with Crippen molar-refractivity contribution in [1.29, 1.82) is 0 Å². The predicted octanol–water partition coefficient (Wildman–Crippen LogP) is 3.27. The van der Waals surface area contributed by atoms with Crippen LogP contribution in [-0.4, -0.2) is 13.1 Å². The van der Waals surface area contributed by atoms with Crippen LogP contribution < -0.4 is 11.5 Å². The molecule has 0 heterocycles. The van der Waals surface area contributed by atoms with E-state index in [2.05, 4.69) is 0 Å². The summed E-state index contributed by atoms with van der Waals surface area (Å²) >= 11 is 0. The lowest BCUT2D eigenvalue weighted by molar-refractivity contribution is -0.137. The lowest BCUT2D eigenvalue weighted by Crippen LogP contribution is -2.10. The van der Waals surface area contributed by atoms with E-state index >= 15 is 0 Å². The van der Waals surface area contributed by atoms with E-state index < -0.39 is 11.7 Å². The maximum Gasteiger partial charge on any atom is 0.416 e. The van der Waals surface area contributed by atoms with Gasteiger partial charge in [-0.2, -0.15) is 13.2 Å². The van der Waals surface area contributed by atoms with Crippen LogP contribution in [0.15, 0.2) is 24.3 Å². The summed E-state index contributed by atoms with van der Waals surface area (Å²) in [5.74, 6) is 0.106. The summed E-state index contributed by atoms with van der Waals surface area (Å²) in [7, 11) is 0. The van der Waals surface area contributed by atoms with Crippen molar-refractivity contribution in [1.82, 2.24) is 0 Å². The molecule has 0 saturated carbocycles. The number of rotatable bonds is 7. The summed E-state index contributed by atoms with van der Waals surface area (Å²) < 4.78 is 38.1. The first-order chi connectivity index (χ1) is 8.99. The second kappa shape index (κ2) is 7.50. The highest BCUT2D eigenvalue weighted by molar-refractivity contribution is 5.28. The number of hydrogen-bond acceptors (Lipinski definition) is 2. The molecule has 1 aromatic carbocycles. The molecule has 5 heteroatoms. The first kappa shape index (κ1) is 16.0. The van der Waals surface area contributed by atoms with Gasteiger partial charge in [0.25, 0.3) is 0 Å². The zero-order chi connectivity index (χ0) is 14.3. The van der Waals surface area contributed by atoms with Gasteiger partial charge in [0, 0.05) is 0 Å². The molecule has 0 aliphatic carbocycles. The fourth-order valence-electron chi connectivity index (χ4n) is 2.18. The number of alkyl halides is 3. The minimum absolute atomic E-state index is 0.106. The van der Waals surface area contributed by atoms with E-state index in [0.29, 0.717) is 13.1 Å². The van der Waals surface area contributed by atoms with Crippen molar-refractivity contribution >= 4 is 0 Å². The van der Waals surface area contributed by atoms with E-state index in [-0.39, 0.29) is 5.92 Å². The molecule has 0 bridgehead atoms. The Morgan fingerprint density at radius 1 is 1.00 bits per heavy atom. The Labute approximate surface area is 112 Å². The van der Waals surface area contributed by atoms with Crippen molar-refractivity contribution in [3.8, 4) is 0 Å². The van der Waals surface area contributed by atoms with Crippen LogP contribution in [0.25, 0.3) is 0 Å². The van der Waals surface area contributed by atoms with Crippen LogP contribution in [0.4, 0.5) is 13.2 Å². The Morgan fingerprint density at radius 2 is 1.58 bits per heavy atom. The largest absolute Gasteiger partial charge is 0.416 e. The molecule has 1 rings (SSSR count). The molecule has 0 fully saturated rings. The number of nitrogens with two attached hydrogens (primary N) is 2. The second-order valence-electron chi connectivity index (χ2n) is 4.68. The average molecular weight is 274 g/mol. The maximum absolute atomic E-state index is 12.7. The Morgan fingerprint density at radius 3 is 2.05 bits per heavy atom. The van der Waals surface area contributed by atoms with Crippen molar-refractivity contribution in [3.63, 3.8) is 0 Å². The van der Waals surface area contributed by atoms with Crippen molar-refractivity contribution in [2.75, 3.05) is 13.1 Å². The van der Waals surface area contributed by atoms with Crippen LogP contribution in [0.3, 0.4) is 0 Å². The molecule has 0 radical (unpaired) electrons. The minimum atomic E-state index is -4.29. The molecule has 0 aromatic heterocycles. The average Bonchev–Trinajstić information content (AvgIpc) is 2.38. The molecule has 0 unspecified atom stereocenters. The molecule has 0 spiro atoms. The zero-order valence-electron chi connectivity index (χ0n) is 10.9. The molecule has 108 valence electrons. The molecule has 2 nitrogen and oxygen atoms in total. The van der Waals surface area contributed by atoms with Crippen LogP contribution in [0.5, 0.6) is 0 Å². The van der Waals surface area contributed by atoms with Crippen molar-refractivity contribution in [3.05, 3.63) is 35.4 Å². The van der Waals surface area contributed by atoms with Gasteiger partial charge in [0.15, 0.2) is 0 Å². The highest BCUT2D eigenvalue weighted by Gasteiger charge is 2.30. The van der Waals surface area contributed by atoms with Gasteiger partial charge in [0.2, 0.25) is 0 Å². The molecule has 0 aliphatic heterocycles. The predicted molar refractivity (Wildman–Crippen MR) is 70.8 cm³/mol. The van der Waals surface area contributed by atoms with Crippen LogP contribution in [0, 0.1) is 0 Å². The van der Waals surface area contributed by atoms with Crippen LogP contribution in [-0.2, 0) is 6.18 Å². The minimum Gasteiger partial charge on any atom is -0.330 e. The second-order valence-corrected chi connectivity index (χ2v) is 4.68. The first-order valence-electron chi connectivity index (χ1n) is 6.56. The van der Waals surface area contributed by atoms with E-state index in [1.165, 1.54) is 12.1 Å². The van der Waals surface area contributed by atoms with Gasteiger partial charge in [0.05, 0.1) is 5.56 Å². The summed E-state index contributed by atoms with van der Waals surface area (Å²) in [5, 5.41) is 0. The van der Waals surface area contributed by atoms with Crippen molar-refractivity contribution < 1.29 is 13.2 Å². The first-order valence-corrected chi connectivity index (χ1v) is 6.56. The van der Waals surface area contributed by atoms with Crippen molar-refractivity contribution in [2.24, 2.45) is 11.5 Å². The molecule has 19 heavy (non-hydrogen) atoms. The van der Waals surface area contributed by atoms with Crippen LogP contribution >= 0.6 is 0 Å². The van der Waals surface area contributed by atoms with E-state index in [9.17, 15) is 13.2 Å². The third-order valence-electron chi connectivity index (χ3n) is 3.20. The van der Waals surface area contributed by atoms with Gasteiger partial charge >= 0.3 is 6.18 Å². The van der Waals surface area contributed by atoms with E-state index in [1.54, 1.807) is 6.07 Å². The van der Waals surface area contributed by atoms with E-state index in [1.807, 2.05) is 0 Å². The Kier molecular flexibility index (Phi) is 6.31. The van der Waals surface area contributed by atoms with Gasteiger partial charge in [-0.3, -0.25) is 0 Å². The maximum atomic E-state index is 12.7. The van der Waals surface area contributed by atoms with Gasteiger partial charge in [-0.15, -0.1) is 0 Å². The molecule has 0 aliphatic rings. The fraction of sp³-hybridized carbons (Fsp3) is 0.571. The molecule has 0 amide bonds. The molecule has 1 aromatic rings. The van der Waals surface area contributed by atoms with Crippen LogP contribution in [0.1, 0.15) is 42.7 Å². The highest BCUT2D eigenvalue weighted by Crippen LogP contribution is 2.33. The summed E-state index contributed by atoms with van der Waals surface area (Å²) in [6.45, 7) is 1.11. The molecular formula is C14H21F3N2. The molecular weight excluding hydrogens is 253 g/mol. The van der Waals surface area contributed by atoms with Crippen molar-refractivity contribution in [2.45, 2.75) is 37.8 Å². The van der Waals surface area contributed by atoms with Gasteiger partial charge in [-0.05, 0) is 56.3 Å². The molecule has 0 saturated heterocycles. The van der Waals surface area contributed by atoms with Gasteiger partial charge in [0.1, 0.15) is 0 Å². The summed E-state index contributed by atoms with van der Waals surface area (Å²) in [6.07, 6.45) is -1.06. The third-order valence-corrected chi connectivity index (χ3v) is 3.20. The fourth-order valence-corrected chi connectivity index (χ4v) is 2.18. The lowest BCUT2D eigenvalue weighted by atomic mass is 9.89. The Bertz CT molecular complexity index is 369. The van der Waals surface area contributed by atoms with Gasteiger partial charge in [-0.25, -0.2) is 0 Å². The Hall–Kier alpha value is -1.07. The summed E-state index contributed by atoms with van der Waals surface area (Å²) in [6, 6.07) is 5.58. The number of halogens is 3. The SMILES string of the molecule is NCCCC(CCCN)c1cccc(C(F)(F)F)c1. The zero-order valence-corrected chi connectivity index (χ0v) is 10.9. The Balaban J connectivity index is 2.88. The smallest absolute Gasteiger partial charge is 0.330 e. The summed E-state index contributed by atoms with van der Waals surface area (Å²) in [4.78, 5) is 0.